The van der Waals surface area contributed by atoms with Crippen LogP contribution in [0.2, 0.25) is 0 Å². The predicted molar refractivity (Wildman–Crippen MR) is 46.4 cm³/mol. The summed E-state index contributed by atoms with van der Waals surface area (Å²) in [5, 5.41) is 4.30. The molecule has 2 N–H and O–H groups in total. The molecule has 1 rings (SSSR count). The van der Waals surface area contributed by atoms with Crippen molar-refractivity contribution in [2.75, 3.05) is 5.73 Å². The average molecular weight is 153 g/mol. The van der Waals surface area contributed by atoms with E-state index < -0.39 is 0 Å². The van der Waals surface area contributed by atoms with Crippen molar-refractivity contribution < 1.29 is 0 Å². The molecule has 11 heavy (non-hydrogen) atoms. The number of rotatable bonds is 1. The van der Waals surface area contributed by atoms with E-state index in [4.69, 9.17) is 5.73 Å². The van der Waals surface area contributed by atoms with Gasteiger partial charge in [-0.2, -0.15) is 5.10 Å². The molecule has 0 atom stereocenters. The van der Waals surface area contributed by atoms with Gasteiger partial charge in [0.15, 0.2) is 0 Å². The Morgan fingerprint density at radius 3 is 2.18 bits per heavy atom. The lowest BCUT2D eigenvalue weighted by molar-refractivity contribution is 0.718. The minimum Gasteiger partial charge on any atom is -0.384 e. The Morgan fingerprint density at radius 1 is 1.45 bits per heavy atom. The van der Waals surface area contributed by atoms with Crippen LogP contribution < -0.4 is 5.73 Å². The number of hydrogen-bond donors (Lipinski definition) is 1. The van der Waals surface area contributed by atoms with Crippen LogP contribution in [-0.4, -0.2) is 9.78 Å². The van der Waals surface area contributed by atoms with E-state index in [1.54, 1.807) is 4.68 Å². The Labute approximate surface area is 67.2 Å². The zero-order valence-electron chi connectivity index (χ0n) is 7.55. The largest absolute Gasteiger partial charge is 0.384 e. The van der Waals surface area contributed by atoms with E-state index in [1.807, 2.05) is 14.0 Å². The van der Waals surface area contributed by atoms with Gasteiger partial charge in [0.05, 0.1) is 5.69 Å². The summed E-state index contributed by atoms with van der Waals surface area (Å²) in [6.45, 7) is 6.25. The quantitative estimate of drug-likeness (QED) is 0.663. The first-order valence-electron chi connectivity index (χ1n) is 3.83. The van der Waals surface area contributed by atoms with Crippen molar-refractivity contribution in [2.45, 2.75) is 26.7 Å². The minimum atomic E-state index is 0.457. The first kappa shape index (κ1) is 8.11. The summed E-state index contributed by atoms with van der Waals surface area (Å²) >= 11 is 0. The highest BCUT2D eigenvalue weighted by Crippen LogP contribution is 2.21. The fourth-order valence-corrected chi connectivity index (χ4v) is 1.21. The molecular formula is C8H15N3. The van der Waals surface area contributed by atoms with Gasteiger partial charge in [-0.05, 0) is 12.8 Å². The van der Waals surface area contributed by atoms with Crippen LogP contribution in [-0.2, 0) is 7.05 Å². The molecule has 1 aromatic heterocycles. The molecule has 1 aromatic rings. The molecule has 0 bridgehead atoms. The van der Waals surface area contributed by atoms with Crippen LogP contribution in [0.5, 0.6) is 0 Å². The van der Waals surface area contributed by atoms with Gasteiger partial charge in [0.1, 0.15) is 5.82 Å². The maximum atomic E-state index is 5.74. The average Bonchev–Trinajstić information content (AvgIpc) is 2.17. The third kappa shape index (κ3) is 1.23. The summed E-state index contributed by atoms with van der Waals surface area (Å²) in [6.07, 6.45) is 0. The van der Waals surface area contributed by atoms with E-state index in [9.17, 15) is 0 Å². The molecule has 1 heterocycles. The monoisotopic (exact) mass is 153 g/mol. The molecule has 0 aliphatic heterocycles. The Kier molecular flexibility index (Phi) is 1.89. The van der Waals surface area contributed by atoms with Gasteiger partial charge in [0.2, 0.25) is 0 Å². The Morgan fingerprint density at radius 2 is 2.00 bits per heavy atom. The minimum absolute atomic E-state index is 0.457. The highest BCUT2D eigenvalue weighted by Gasteiger charge is 2.11. The number of aromatic nitrogens is 2. The van der Waals surface area contributed by atoms with Gasteiger partial charge in [-0.25, -0.2) is 0 Å². The van der Waals surface area contributed by atoms with E-state index in [-0.39, 0.29) is 0 Å². The predicted octanol–water partition coefficient (Wildman–Crippen LogP) is 1.43. The maximum absolute atomic E-state index is 5.74. The molecule has 0 amide bonds. The van der Waals surface area contributed by atoms with E-state index in [0.29, 0.717) is 5.92 Å². The van der Waals surface area contributed by atoms with Crippen LogP contribution in [0, 0.1) is 6.92 Å². The molecule has 0 aliphatic rings. The number of nitrogens with zero attached hydrogens (tertiary/aromatic N) is 2. The van der Waals surface area contributed by atoms with Gasteiger partial charge >= 0.3 is 0 Å². The van der Waals surface area contributed by atoms with Crippen LogP contribution in [0.15, 0.2) is 0 Å². The van der Waals surface area contributed by atoms with Gasteiger partial charge < -0.3 is 5.73 Å². The Bertz CT molecular complexity index is 261. The third-order valence-electron chi connectivity index (χ3n) is 1.92. The zero-order valence-corrected chi connectivity index (χ0v) is 7.55. The van der Waals surface area contributed by atoms with Crippen molar-refractivity contribution in [3.63, 3.8) is 0 Å². The lowest BCUT2D eigenvalue weighted by Crippen LogP contribution is -1.97. The number of nitrogens with two attached hydrogens (primary N) is 1. The molecule has 0 saturated carbocycles. The normalized spacial score (nSPS) is 11.0. The summed E-state index contributed by atoms with van der Waals surface area (Å²) in [7, 11) is 1.87. The first-order valence-corrected chi connectivity index (χ1v) is 3.83. The summed E-state index contributed by atoms with van der Waals surface area (Å²) in [4.78, 5) is 0. The van der Waals surface area contributed by atoms with Crippen molar-refractivity contribution in [3.8, 4) is 0 Å². The van der Waals surface area contributed by atoms with Crippen LogP contribution in [0.4, 0.5) is 5.82 Å². The van der Waals surface area contributed by atoms with Crippen molar-refractivity contribution in [1.29, 1.82) is 0 Å². The first-order chi connectivity index (χ1) is 5.04. The molecule has 0 radical (unpaired) electrons. The Hall–Kier alpha value is -0.990. The van der Waals surface area contributed by atoms with Crippen molar-refractivity contribution in [2.24, 2.45) is 7.05 Å². The highest BCUT2D eigenvalue weighted by atomic mass is 15.3. The summed E-state index contributed by atoms with van der Waals surface area (Å²) in [6, 6.07) is 0. The molecule has 3 heteroatoms. The van der Waals surface area contributed by atoms with Crippen molar-refractivity contribution >= 4 is 5.82 Å². The number of aryl methyl sites for hydroxylation is 1. The van der Waals surface area contributed by atoms with E-state index in [1.165, 1.54) is 0 Å². The van der Waals surface area contributed by atoms with Crippen LogP contribution >= 0.6 is 0 Å². The van der Waals surface area contributed by atoms with Gasteiger partial charge in [-0.3, -0.25) is 4.68 Å². The smallest absolute Gasteiger partial charge is 0.124 e. The van der Waals surface area contributed by atoms with Crippen LogP contribution in [0.25, 0.3) is 0 Å². The summed E-state index contributed by atoms with van der Waals surface area (Å²) < 4.78 is 1.73. The fraction of sp³-hybridized carbons (Fsp3) is 0.625. The molecule has 0 aliphatic carbocycles. The summed E-state index contributed by atoms with van der Waals surface area (Å²) in [5.41, 5.74) is 7.96. The topological polar surface area (TPSA) is 43.8 Å². The van der Waals surface area contributed by atoms with Crippen LogP contribution in [0.1, 0.15) is 31.0 Å². The van der Waals surface area contributed by atoms with E-state index in [2.05, 4.69) is 18.9 Å². The molecule has 0 spiro atoms. The SMILES string of the molecule is Cc1c(C(C)C)nn(C)c1N. The van der Waals surface area contributed by atoms with Crippen molar-refractivity contribution in [3.05, 3.63) is 11.3 Å². The molecule has 0 unspecified atom stereocenters. The maximum Gasteiger partial charge on any atom is 0.124 e. The lowest BCUT2D eigenvalue weighted by Gasteiger charge is -1.99. The molecule has 0 aromatic carbocycles. The fourth-order valence-electron chi connectivity index (χ4n) is 1.21. The highest BCUT2D eigenvalue weighted by molar-refractivity contribution is 5.42. The number of nitrogen functional groups attached to an aromatic ring is 1. The number of anilines is 1. The molecule has 0 fully saturated rings. The van der Waals surface area contributed by atoms with Gasteiger partial charge in [0, 0.05) is 12.6 Å². The third-order valence-corrected chi connectivity index (χ3v) is 1.92. The van der Waals surface area contributed by atoms with Gasteiger partial charge in [-0.15, -0.1) is 0 Å². The molecule has 62 valence electrons. The second-order valence-corrected chi connectivity index (χ2v) is 3.17. The second kappa shape index (κ2) is 2.57. The van der Waals surface area contributed by atoms with E-state index >= 15 is 0 Å². The van der Waals surface area contributed by atoms with E-state index in [0.717, 1.165) is 17.1 Å². The zero-order chi connectivity index (χ0) is 8.59. The second-order valence-electron chi connectivity index (χ2n) is 3.17. The number of hydrogen-bond acceptors (Lipinski definition) is 2. The van der Waals surface area contributed by atoms with Crippen molar-refractivity contribution in [1.82, 2.24) is 9.78 Å². The van der Waals surface area contributed by atoms with Gasteiger partial charge in [-0.1, -0.05) is 13.8 Å². The summed E-state index contributed by atoms with van der Waals surface area (Å²) in [5.74, 6) is 1.23. The molecule has 0 saturated heterocycles. The van der Waals surface area contributed by atoms with Gasteiger partial charge in [0.25, 0.3) is 0 Å². The Balaban J connectivity index is 3.19. The molecular weight excluding hydrogens is 138 g/mol. The van der Waals surface area contributed by atoms with Crippen LogP contribution in [0.3, 0.4) is 0 Å². The lowest BCUT2D eigenvalue weighted by atomic mass is 10.1. The molecule has 3 nitrogen and oxygen atoms in total. The standard InChI is InChI=1S/C8H15N3/c1-5(2)7-6(3)8(9)11(4)10-7/h5H,9H2,1-4H3.